The van der Waals surface area contributed by atoms with Gasteiger partial charge in [0.05, 0.1) is 0 Å². The molecule has 0 heterocycles. The van der Waals surface area contributed by atoms with Crippen molar-refractivity contribution in [3.63, 3.8) is 0 Å². The van der Waals surface area contributed by atoms with Gasteiger partial charge in [0, 0.05) is 24.0 Å². The highest BCUT2D eigenvalue weighted by Crippen LogP contribution is 2.42. The molecule has 2 aliphatic rings. The quantitative estimate of drug-likeness (QED) is 0.882. The van der Waals surface area contributed by atoms with Gasteiger partial charge in [-0.15, -0.1) is 0 Å². The standard InChI is InChI=1S/C15H20F2N2/c16-13-6-1-9(7-14(13)17)12-8-15(12)19-11-4-2-10(18)3-5-11/h1,6-7,10-12,15,19H,2-5,8,18H2/t10?,11?,12-,15+/m1/s1. The van der Waals surface area contributed by atoms with Crippen LogP contribution in [0.5, 0.6) is 0 Å². The van der Waals surface area contributed by atoms with Crippen LogP contribution in [0.4, 0.5) is 8.78 Å². The Morgan fingerprint density at radius 1 is 1.05 bits per heavy atom. The molecule has 2 nitrogen and oxygen atoms in total. The van der Waals surface area contributed by atoms with Gasteiger partial charge in [-0.05, 0) is 49.8 Å². The largest absolute Gasteiger partial charge is 0.328 e. The second-order valence-corrected chi connectivity index (χ2v) is 5.90. The summed E-state index contributed by atoms with van der Waals surface area (Å²) in [5, 5.41) is 3.62. The first-order valence-electron chi connectivity index (χ1n) is 7.10. The maximum atomic E-state index is 13.2. The molecule has 0 bridgehead atoms. The Hall–Kier alpha value is -1.00. The summed E-state index contributed by atoms with van der Waals surface area (Å²) in [7, 11) is 0. The maximum Gasteiger partial charge on any atom is 0.159 e. The van der Waals surface area contributed by atoms with Crippen LogP contribution in [0.2, 0.25) is 0 Å². The van der Waals surface area contributed by atoms with E-state index in [0.29, 0.717) is 24.0 Å². The van der Waals surface area contributed by atoms with Crippen LogP contribution < -0.4 is 11.1 Å². The van der Waals surface area contributed by atoms with E-state index in [4.69, 9.17) is 5.73 Å². The van der Waals surface area contributed by atoms with Crippen LogP contribution >= 0.6 is 0 Å². The summed E-state index contributed by atoms with van der Waals surface area (Å²) < 4.78 is 26.1. The zero-order chi connectivity index (χ0) is 13.4. The lowest BCUT2D eigenvalue weighted by atomic mass is 9.92. The first-order valence-corrected chi connectivity index (χ1v) is 7.10. The number of nitrogens with two attached hydrogens (primary N) is 1. The van der Waals surface area contributed by atoms with Crippen LogP contribution in [-0.2, 0) is 0 Å². The van der Waals surface area contributed by atoms with Crippen LogP contribution in [-0.4, -0.2) is 18.1 Å². The van der Waals surface area contributed by atoms with Gasteiger partial charge in [0.25, 0.3) is 0 Å². The van der Waals surface area contributed by atoms with Crippen molar-refractivity contribution < 1.29 is 8.78 Å². The van der Waals surface area contributed by atoms with Gasteiger partial charge in [-0.2, -0.15) is 0 Å². The number of hydrogen-bond donors (Lipinski definition) is 2. The van der Waals surface area contributed by atoms with Gasteiger partial charge in [0.2, 0.25) is 0 Å². The average Bonchev–Trinajstić information content (AvgIpc) is 3.15. The van der Waals surface area contributed by atoms with E-state index in [9.17, 15) is 8.78 Å². The smallest absolute Gasteiger partial charge is 0.159 e. The van der Waals surface area contributed by atoms with Crippen molar-refractivity contribution in [2.45, 2.75) is 56.1 Å². The fourth-order valence-electron chi connectivity index (χ4n) is 3.08. The second-order valence-electron chi connectivity index (χ2n) is 5.90. The first-order chi connectivity index (χ1) is 9.13. The summed E-state index contributed by atoms with van der Waals surface area (Å²) in [6.45, 7) is 0. The molecule has 0 aromatic heterocycles. The minimum absolute atomic E-state index is 0.339. The third-order valence-electron chi connectivity index (χ3n) is 4.38. The van der Waals surface area contributed by atoms with Crippen molar-refractivity contribution in [3.8, 4) is 0 Å². The second kappa shape index (κ2) is 5.17. The first kappa shape index (κ1) is 13.0. The molecular formula is C15H20F2N2. The van der Waals surface area contributed by atoms with E-state index < -0.39 is 11.6 Å². The fourth-order valence-corrected chi connectivity index (χ4v) is 3.08. The molecule has 3 rings (SSSR count). The molecule has 0 spiro atoms. The summed E-state index contributed by atoms with van der Waals surface area (Å²) in [4.78, 5) is 0. The Balaban J connectivity index is 1.54. The average molecular weight is 266 g/mol. The number of benzene rings is 1. The Kier molecular flexibility index (Phi) is 3.54. The van der Waals surface area contributed by atoms with E-state index in [1.807, 2.05) is 0 Å². The molecule has 19 heavy (non-hydrogen) atoms. The van der Waals surface area contributed by atoms with Gasteiger partial charge in [-0.3, -0.25) is 0 Å². The minimum atomic E-state index is -0.768. The van der Waals surface area contributed by atoms with Crippen LogP contribution in [0.25, 0.3) is 0 Å². The van der Waals surface area contributed by atoms with E-state index >= 15 is 0 Å². The molecule has 3 N–H and O–H groups in total. The summed E-state index contributed by atoms with van der Waals surface area (Å²) in [6.07, 6.45) is 5.44. The van der Waals surface area contributed by atoms with E-state index in [1.54, 1.807) is 6.07 Å². The van der Waals surface area contributed by atoms with Crippen LogP contribution in [0.3, 0.4) is 0 Å². The molecule has 2 saturated carbocycles. The highest BCUT2D eigenvalue weighted by molar-refractivity contribution is 5.29. The molecule has 0 amide bonds. The zero-order valence-electron chi connectivity index (χ0n) is 10.9. The van der Waals surface area contributed by atoms with E-state index in [2.05, 4.69) is 5.32 Å². The van der Waals surface area contributed by atoms with Gasteiger partial charge in [-0.1, -0.05) is 6.07 Å². The lowest BCUT2D eigenvalue weighted by molar-refractivity contribution is 0.339. The van der Waals surface area contributed by atoms with Crippen LogP contribution in [0, 0.1) is 11.6 Å². The van der Waals surface area contributed by atoms with Crippen molar-refractivity contribution in [2.75, 3.05) is 0 Å². The molecule has 0 unspecified atom stereocenters. The molecule has 2 aliphatic carbocycles. The maximum absolute atomic E-state index is 13.2. The van der Waals surface area contributed by atoms with E-state index in [1.165, 1.54) is 12.1 Å². The van der Waals surface area contributed by atoms with Gasteiger partial charge in [0.1, 0.15) is 0 Å². The SMILES string of the molecule is NC1CCC(N[C@H]2C[C@@H]2c2ccc(F)c(F)c2)CC1. The van der Waals surface area contributed by atoms with Gasteiger partial charge < -0.3 is 11.1 Å². The molecule has 4 heteroatoms. The van der Waals surface area contributed by atoms with Crippen molar-refractivity contribution in [1.29, 1.82) is 0 Å². The topological polar surface area (TPSA) is 38.0 Å². The van der Waals surface area contributed by atoms with Crippen molar-refractivity contribution in [1.82, 2.24) is 5.32 Å². The van der Waals surface area contributed by atoms with Gasteiger partial charge in [0.15, 0.2) is 11.6 Å². The molecule has 104 valence electrons. The number of nitrogens with one attached hydrogen (secondary N) is 1. The van der Waals surface area contributed by atoms with E-state index in [0.717, 1.165) is 37.7 Å². The van der Waals surface area contributed by atoms with Gasteiger partial charge in [-0.25, -0.2) is 8.78 Å². The summed E-state index contributed by atoms with van der Waals surface area (Å²) in [5.41, 5.74) is 6.79. The lowest BCUT2D eigenvalue weighted by Crippen LogP contribution is -2.38. The molecule has 2 fully saturated rings. The molecular weight excluding hydrogens is 246 g/mol. The molecule has 1 aromatic rings. The van der Waals surface area contributed by atoms with Crippen molar-refractivity contribution in [2.24, 2.45) is 5.73 Å². The molecule has 0 radical (unpaired) electrons. The molecule has 2 atom stereocenters. The third-order valence-corrected chi connectivity index (χ3v) is 4.38. The summed E-state index contributed by atoms with van der Waals surface area (Å²) >= 11 is 0. The Morgan fingerprint density at radius 2 is 1.79 bits per heavy atom. The zero-order valence-corrected chi connectivity index (χ0v) is 10.9. The Labute approximate surface area is 112 Å². The Morgan fingerprint density at radius 3 is 2.47 bits per heavy atom. The predicted octanol–water partition coefficient (Wildman–Crippen LogP) is 2.68. The molecule has 1 aromatic carbocycles. The normalized spacial score (nSPS) is 34.3. The van der Waals surface area contributed by atoms with E-state index in [-0.39, 0.29) is 0 Å². The fraction of sp³-hybridized carbons (Fsp3) is 0.600. The predicted molar refractivity (Wildman–Crippen MR) is 70.9 cm³/mol. The lowest BCUT2D eigenvalue weighted by Gasteiger charge is -2.27. The highest BCUT2D eigenvalue weighted by Gasteiger charge is 2.40. The summed E-state index contributed by atoms with van der Waals surface area (Å²) in [5.74, 6) is -1.17. The third kappa shape index (κ3) is 2.95. The van der Waals surface area contributed by atoms with Crippen LogP contribution in [0.1, 0.15) is 43.6 Å². The number of halogens is 2. The number of rotatable bonds is 3. The Bertz CT molecular complexity index is 455. The minimum Gasteiger partial charge on any atom is -0.328 e. The van der Waals surface area contributed by atoms with Gasteiger partial charge >= 0.3 is 0 Å². The summed E-state index contributed by atoms with van der Waals surface area (Å²) in [6, 6.07) is 5.57. The molecule has 0 saturated heterocycles. The van der Waals surface area contributed by atoms with Crippen molar-refractivity contribution in [3.05, 3.63) is 35.4 Å². The highest BCUT2D eigenvalue weighted by atomic mass is 19.2. The number of hydrogen-bond acceptors (Lipinski definition) is 2. The molecule has 0 aliphatic heterocycles. The monoisotopic (exact) mass is 266 g/mol. The van der Waals surface area contributed by atoms with Crippen molar-refractivity contribution >= 4 is 0 Å². The van der Waals surface area contributed by atoms with Crippen LogP contribution in [0.15, 0.2) is 18.2 Å².